The minimum atomic E-state index is -0.244. The Morgan fingerprint density at radius 2 is 1.53 bits per heavy atom. The van der Waals surface area contributed by atoms with E-state index in [4.69, 9.17) is 4.74 Å². The molecule has 0 amide bonds. The van der Waals surface area contributed by atoms with Crippen molar-refractivity contribution >= 4 is 5.97 Å². The molecule has 0 heterocycles. The lowest BCUT2D eigenvalue weighted by molar-refractivity contribution is -0.144. The summed E-state index contributed by atoms with van der Waals surface area (Å²) >= 11 is 0. The molecule has 0 saturated carbocycles. The molecule has 0 aliphatic heterocycles. The lowest BCUT2D eigenvalue weighted by Crippen LogP contribution is -2.17. The SMILES string of the molecule is C=C(C)C(=O)OC(CC)CCCCCCCCCC. The highest BCUT2D eigenvalue weighted by molar-refractivity contribution is 5.87. The van der Waals surface area contributed by atoms with Crippen LogP contribution in [0.5, 0.6) is 0 Å². The maximum atomic E-state index is 11.4. The molecule has 0 bridgehead atoms. The number of ether oxygens (including phenoxy) is 1. The van der Waals surface area contributed by atoms with E-state index < -0.39 is 0 Å². The highest BCUT2D eigenvalue weighted by Gasteiger charge is 2.12. The first-order valence-electron chi connectivity index (χ1n) is 7.98. The summed E-state index contributed by atoms with van der Waals surface area (Å²) in [5, 5.41) is 0. The van der Waals surface area contributed by atoms with Gasteiger partial charge in [0.15, 0.2) is 0 Å². The van der Waals surface area contributed by atoms with E-state index >= 15 is 0 Å². The third-order valence-electron chi connectivity index (χ3n) is 3.46. The fourth-order valence-electron chi connectivity index (χ4n) is 2.10. The van der Waals surface area contributed by atoms with E-state index in [1.807, 2.05) is 0 Å². The number of esters is 1. The smallest absolute Gasteiger partial charge is 0.333 e. The Labute approximate surface area is 119 Å². The number of carbonyl (C=O) groups is 1. The van der Waals surface area contributed by atoms with Gasteiger partial charge >= 0.3 is 5.97 Å². The second kappa shape index (κ2) is 12.3. The minimum Gasteiger partial charge on any atom is -0.459 e. The van der Waals surface area contributed by atoms with Crippen LogP contribution in [0, 0.1) is 0 Å². The fraction of sp³-hybridized carbons (Fsp3) is 0.824. The molecule has 2 nitrogen and oxygen atoms in total. The number of hydrogen-bond donors (Lipinski definition) is 0. The molecule has 0 aromatic carbocycles. The summed E-state index contributed by atoms with van der Waals surface area (Å²) in [6.45, 7) is 9.63. The molecule has 0 spiro atoms. The van der Waals surface area contributed by atoms with Gasteiger partial charge in [0, 0.05) is 5.57 Å². The molecule has 112 valence electrons. The van der Waals surface area contributed by atoms with E-state index in [0.717, 1.165) is 19.3 Å². The fourth-order valence-corrected chi connectivity index (χ4v) is 2.10. The third-order valence-corrected chi connectivity index (χ3v) is 3.46. The summed E-state index contributed by atoms with van der Waals surface area (Å²) < 4.78 is 5.38. The van der Waals surface area contributed by atoms with Crippen LogP contribution in [0.2, 0.25) is 0 Å². The van der Waals surface area contributed by atoms with Crippen LogP contribution < -0.4 is 0 Å². The molecule has 19 heavy (non-hydrogen) atoms. The normalized spacial score (nSPS) is 12.2. The van der Waals surface area contributed by atoms with Gasteiger partial charge in [0.05, 0.1) is 0 Å². The van der Waals surface area contributed by atoms with Gasteiger partial charge in [-0.3, -0.25) is 0 Å². The van der Waals surface area contributed by atoms with Gasteiger partial charge in [0.1, 0.15) is 6.10 Å². The van der Waals surface area contributed by atoms with Crippen molar-refractivity contribution in [3.8, 4) is 0 Å². The monoisotopic (exact) mass is 268 g/mol. The lowest BCUT2D eigenvalue weighted by atomic mass is 10.0. The molecular formula is C17H32O2. The quantitative estimate of drug-likeness (QED) is 0.268. The van der Waals surface area contributed by atoms with Crippen LogP contribution in [0.15, 0.2) is 12.2 Å². The van der Waals surface area contributed by atoms with Crippen LogP contribution in [0.3, 0.4) is 0 Å². The summed E-state index contributed by atoms with van der Waals surface area (Å²) in [6, 6.07) is 0. The average molecular weight is 268 g/mol. The molecule has 0 radical (unpaired) electrons. The highest BCUT2D eigenvalue weighted by Crippen LogP contribution is 2.14. The Morgan fingerprint density at radius 1 is 1.00 bits per heavy atom. The second-order valence-electron chi connectivity index (χ2n) is 5.48. The van der Waals surface area contributed by atoms with Gasteiger partial charge in [-0.25, -0.2) is 4.79 Å². The summed E-state index contributed by atoms with van der Waals surface area (Å²) in [6.07, 6.45) is 12.5. The molecule has 0 aliphatic rings. The predicted molar refractivity (Wildman–Crippen MR) is 82.2 cm³/mol. The molecule has 0 rings (SSSR count). The first-order chi connectivity index (χ1) is 9.11. The van der Waals surface area contributed by atoms with E-state index in [-0.39, 0.29) is 12.1 Å². The van der Waals surface area contributed by atoms with Gasteiger partial charge in [-0.05, 0) is 26.2 Å². The van der Waals surface area contributed by atoms with Gasteiger partial charge in [-0.1, -0.05) is 65.4 Å². The Bertz CT molecular complexity index is 246. The van der Waals surface area contributed by atoms with Crippen LogP contribution >= 0.6 is 0 Å². The van der Waals surface area contributed by atoms with Gasteiger partial charge < -0.3 is 4.74 Å². The second-order valence-corrected chi connectivity index (χ2v) is 5.48. The molecule has 0 aliphatic carbocycles. The van der Waals surface area contributed by atoms with E-state index in [0.29, 0.717) is 5.57 Å². The number of carbonyl (C=O) groups excluding carboxylic acids is 1. The third kappa shape index (κ3) is 10.8. The molecule has 0 saturated heterocycles. The van der Waals surface area contributed by atoms with Gasteiger partial charge in [-0.2, -0.15) is 0 Å². The number of unbranched alkanes of at least 4 members (excludes halogenated alkanes) is 7. The molecule has 1 unspecified atom stereocenters. The predicted octanol–water partition coefficient (Wildman–Crippen LogP) is 5.42. The highest BCUT2D eigenvalue weighted by atomic mass is 16.5. The maximum absolute atomic E-state index is 11.4. The van der Waals surface area contributed by atoms with E-state index in [1.165, 1.54) is 44.9 Å². The standard InChI is InChI=1S/C17H32O2/c1-5-7-8-9-10-11-12-13-14-16(6-2)19-17(18)15(3)4/h16H,3,5-14H2,1-2,4H3. The van der Waals surface area contributed by atoms with Crippen LogP contribution in [0.25, 0.3) is 0 Å². The molecule has 2 heteroatoms. The zero-order valence-corrected chi connectivity index (χ0v) is 13.2. The van der Waals surface area contributed by atoms with E-state index in [1.54, 1.807) is 6.92 Å². The largest absolute Gasteiger partial charge is 0.459 e. The van der Waals surface area contributed by atoms with E-state index in [2.05, 4.69) is 20.4 Å². The van der Waals surface area contributed by atoms with Gasteiger partial charge in [-0.15, -0.1) is 0 Å². The summed E-state index contributed by atoms with van der Waals surface area (Å²) in [5.41, 5.74) is 0.495. The number of rotatable bonds is 12. The van der Waals surface area contributed by atoms with Crippen LogP contribution in [0.4, 0.5) is 0 Å². The van der Waals surface area contributed by atoms with Crippen LogP contribution in [-0.2, 0) is 9.53 Å². The van der Waals surface area contributed by atoms with Crippen molar-refractivity contribution in [3.63, 3.8) is 0 Å². The van der Waals surface area contributed by atoms with Crippen molar-refractivity contribution < 1.29 is 9.53 Å². The summed E-state index contributed by atoms with van der Waals surface area (Å²) in [5.74, 6) is -0.244. The Balaban J connectivity index is 3.51. The molecule has 0 aromatic rings. The molecule has 0 aromatic heterocycles. The molecular weight excluding hydrogens is 236 g/mol. The number of hydrogen-bond acceptors (Lipinski definition) is 2. The summed E-state index contributed by atoms with van der Waals surface area (Å²) in [7, 11) is 0. The van der Waals surface area contributed by atoms with Gasteiger partial charge in [0.2, 0.25) is 0 Å². The Morgan fingerprint density at radius 3 is 2.00 bits per heavy atom. The topological polar surface area (TPSA) is 26.3 Å². The van der Waals surface area contributed by atoms with Crippen molar-refractivity contribution in [2.45, 2.75) is 91.1 Å². The van der Waals surface area contributed by atoms with Crippen molar-refractivity contribution in [3.05, 3.63) is 12.2 Å². The Kier molecular flexibility index (Phi) is 11.7. The van der Waals surface area contributed by atoms with Crippen LogP contribution in [-0.4, -0.2) is 12.1 Å². The average Bonchev–Trinajstić information content (AvgIpc) is 2.39. The van der Waals surface area contributed by atoms with Crippen molar-refractivity contribution in [1.29, 1.82) is 0 Å². The van der Waals surface area contributed by atoms with Crippen LogP contribution in [0.1, 0.15) is 85.0 Å². The van der Waals surface area contributed by atoms with Gasteiger partial charge in [0.25, 0.3) is 0 Å². The lowest BCUT2D eigenvalue weighted by Gasteiger charge is -2.16. The first-order valence-corrected chi connectivity index (χ1v) is 7.98. The van der Waals surface area contributed by atoms with E-state index in [9.17, 15) is 4.79 Å². The zero-order chi connectivity index (χ0) is 14.5. The molecule has 0 N–H and O–H groups in total. The van der Waals surface area contributed by atoms with Crippen molar-refractivity contribution in [2.75, 3.05) is 0 Å². The minimum absolute atomic E-state index is 0.0734. The molecule has 1 atom stereocenters. The first kappa shape index (κ1) is 18.2. The maximum Gasteiger partial charge on any atom is 0.333 e. The Hall–Kier alpha value is -0.790. The van der Waals surface area contributed by atoms with Crippen molar-refractivity contribution in [1.82, 2.24) is 0 Å². The zero-order valence-electron chi connectivity index (χ0n) is 13.2. The van der Waals surface area contributed by atoms with Crippen molar-refractivity contribution in [2.24, 2.45) is 0 Å². The summed E-state index contributed by atoms with van der Waals surface area (Å²) in [4.78, 5) is 11.4. The molecule has 0 fully saturated rings.